The van der Waals surface area contributed by atoms with Crippen molar-refractivity contribution in [2.24, 2.45) is 0 Å². The van der Waals surface area contributed by atoms with Crippen LogP contribution in [0.25, 0.3) is 0 Å². The zero-order valence-electron chi connectivity index (χ0n) is 13.5. The van der Waals surface area contributed by atoms with E-state index in [1.807, 2.05) is 19.9 Å². The molecule has 0 spiro atoms. The van der Waals surface area contributed by atoms with Gasteiger partial charge >= 0.3 is 6.03 Å². The monoisotopic (exact) mass is 346 g/mol. The third-order valence-corrected chi connectivity index (χ3v) is 5.20. The lowest BCUT2D eigenvalue weighted by Crippen LogP contribution is -2.42. The number of thiazole rings is 1. The predicted octanol–water partition coefficient (Wildman–Crippen LogP) is 2.94. The summed E-state index contributed by atoms with van der Waals surface area (Å²) in [5.41, 5.74) is 2.66. The fourth-order valence-corrected chi connectivity index (χ4v) is 3.82. The molecule has 2 aromatic rings. The van der Waals surface area contributed by atoms with Gasteiger partial charge in [0, 0.05) is 29.6 Å². The highest BCUT2D eigenvalue weighted by atomic mass is 32.1. The zero-order valence-corrected chi connectivity index (χ0v) is 14.4. The Kier molecular flexibility index (Phi) is 4.48. The molecule has 1 N–H and O–H groups in total. The average molecular weight is 346 g/mol. The van der Waals surface area contributed by atoms with Crippen LogP contribution in [0.15, 0.2) is 18.2 Å². The molecule has 2 amide bonds. The first kappa shape index (κ1) is 16.4. The quantitative estimate of drug-likeness (QED) is 0.683. The Labute approximate surface area is 143 Å². The fourth-order valence-electron chi connectivity index (χ4n) is 2.94. The van der Waals surface area contributed by atoms with Crippen molar-refractivity contribution in [3.05, 3.63) is 55.0 Å². The van der Waals surface area contributed by atoms with Crippen LogP contribution in [-0.4, -0.2) is 27.4 Å². The first-order valence-corrected chi connectivity index (χ1v) is 8.48. The van der Waals surface area contributed by atoms with Gasteiger partial charge in [0.25, 0.3) is 5.69 Å². The molecule has 1 aromatic heterocycles. The lowest BCUT2D eigenvalue weighted by atomic mass is 9.98. The van der Waals surface area contributed by atoms with E-state index in [4.69, 9.17) is 0 Å². The Bertz CT molecular complexity index is 803. The van der Waals surface area contributed by atoms with Crippen LogP contribution in [0.2, 0.25) is 0 Å². The highest BCUT2D eigenvalue weighted by Crippen LogP contribution is 2.27. The molecule has 24 heavy (non-hydrogen) atoms. The van der Waals surface area contributed by atoms with Gasteiger partial charge in [-0.2, -0.15) is 0 Å². The second-order valence-electron chi connectivity index (χ2n) is 5.74. The molecule has 1 aliphatic rings. The van der Waals surface area contributed by atoms with E-state index < -0.39 is 0 Å². The van der Waals surface area contributed by atoms with Crippen LogP contribution in [0.3, 0.4) is 0 Å². The largest absolute Gasteiger partial charge is 0.333 e. The molecular weight excluding hydrogens is 328 g/mol. The van der Waals surface area contributed by atoms with Crippen LogP contribution in [-0.2, 0) is 19.5 Å². The molecule has 0 saturated carbocycles. The number of fused-ring (bicyclic) bond motifs is 1. The molecule has 0 atom stereocenters. The minimum absolute atomic E-state index is 0.142. The first-order valence-electron chi connectivity index (χ1n) is 7.66. The van der Waals surface area contributed by atoms with Crippen molar-refractivity contribution in [2.75, 3.05) is 6.54 Å². The van der Waals surface area contributed by atoms with Gasteiger partial charge < -0.3 is 10.2 Å². The standard InChI is InChI=1S/C16H18N4O3S/c1-10-15(24-11(2)18-10)8-17-16(21)19-7-6-13-12(9-19)4-3-5-14(13)20(22)23/h3-5H,6-9H2,1-2H3,(H,17,21). The Balaban J connectivity index is 1.67. The van der Waals surface area contributed by atoms with E-state index in [2.05, 4.69) is 10.3 Å². The van der Waals surface area contributed by atoms with Gasteiger partial charge in [0.15, 0.2) is 0 Å². The molecule has 3 rings (SSSR count). The number of carbonyl (C=O) groups is 1. The van der Waals surface area contributed by atoms with Gasteiger partial charge in [-0.1, -0.05) is 12.1 Å². The number of rotatable bonds is 3. The molecule has 7 nitrogen and oxygen atoms in total. The van der Waals surface area contributed by atoms with Crippen molar-refractivity contribution in [3.8, 4) is 0 Å². The summed E-state index contributed by atoms with van der Waals surface area (Å²) in [7, 11) is 0. The molecule has 0 bridgehead atoms. The molecule has 126 valence electrons. The predicted molar refractivity (Wildman–Crippen MR) is 91.0 cm³/mol. The van der Waals surface area contributed by atoms with Gasteiger partial charge in [0.2, 0.25) is 0 Å². The number of nitro groups is 1. The Morgan fingerprint density at radius 2 is 2.25 bits per heavy atom. The second-order valence-corrected chi connectivity index (χ2v) is 7.03. The number of carbonyl (C=O) groups excluding carboxylic acids is 1. The van der Waals surface area contributed by atoms with Crippen molar-refractivity contribution >= 4 is 23.1 Å². The van der Waals surface area contributed by atoms with E-state index in [0.717, 1.165) is 26.7 Å². The topological polar surface area (TPSA) is 88.4 Å². The summed E-state index contributed by atoms with van der Waals surface area (Å²) < 4.78 is 0. The number of hydrogen-bond acceptors (Lipinski definition) is 5. The molecule has 0 unspecified atom stereocenters. The highest BCUT2D eigenvalue weighted by Gasteiger charge is 2.26. The first-order chi connectivity index (χ1) is 11.5. The normalized spacial score (nSPS) is 13.5. The van der Waals surface area contributed by atoms with Crippen molar-refractivity contribution in [1.29, 1.82) is 0 Å². The molecule has 2 heterocycles. The van der Waals surface area contributed by atoms with Crippen LogP contribution >= 0.6 is 11.3 Å². The van der Waals surface area contributed by atoms with Gasteiger partial charge in [-0.15, -0.1) is 11.3 Å². The van der Waals surface area contributed by atoms with E-state index >= 15 is 0 Å². The average Bonchev–Trinajstić information content (AvgIpc) is 2.88. The van der Waals surface area contributed by atoms with Gasteiger partial charge in [0.05, 0.1) is 22.2 Å². The van der Waals surface area contributed by atoms with Crippen molar-refractivity contribution in [1.82, 2.24) is 15.2 Å². The summed E-state index contributed by atoms with van der Waals surface area (Å²) in [6, 6.07) is 4.88. The Morgan fingerprint density at radius 3 is 2.92 bits per heavy atom. The van der Waals surface area contributed by atoms with Crippen LogP contribution in [0.4, 0.5) is 10.5 Å². The van der Waals surface area contributed by atoms with Crippen molar-refractivity contribution in [2.45, 2.75) is 33.4 Å². The summed E-state index contributed by atoms with van der Waals surface area (Å²) in [6.07, 6.45) is 0.499. The molecule has 0 fully saturated rings. The highest BCUT2D eigenvalue weighted by molar-refractivity contribution is 7.11. The lowest BCUT2D eigenvalue weighted by Gasteiger charge is -2.28. The van der Waals surface area contributed by atoms with E-state index in [1.165, 1.54) is 6.07 Å². The molecule has 0 aliphatic carbocycles. The number of benzene rings is 1. The number of nitrogens with zero attached hydrogens (tertiary/aromatic N) is 3. The number of hydrogen-bond donors (Lipinski definition) is 1. The number of nitrogens with one attached hydrogen (secondary N) is 1. The lowest BCUT2D eigenvalue weighted by molar-refractivity contribution is -0.385. The zero-order chi connectivity index (χ0) is 17.3. The van der Waals surface area contributed by atoms with Crippen LogP contribution < -0.4 is 5.32 Å². The minimum atomic E-state index is -0.358. The number of nitro benzene ring substituents is 1. The second kappa shape index (κ2) is 6.56. The SMILES string of the molecule is Cc1nc(C)c(CNC(=O)N2CCc3c(cccc3[N+](=O)[O-])C2)s1. The smallest absolute Gasteiger partial charge is 0.318 e. The number of aryl methyl sites for hydroxylation is 2. The molecule has 1 aromatic carbocycles. The van der Waals surface area contributed by atoms with Gasteiger partial charge in [-0.25, -0.2) is 9.78 Å². The number of amides is 2. The van der Waals surface area contributed by atoms with Crippen molar-refractivity contribution in [3.63, 3.8) is 0 Å². The third kappa shape index (κ3) is 3.23. The molecule has 0 radical (unpaired) electrons. The summed E-state index contributed by atoms with van der Waals surface area (Å²) in [5.74, 6) is 0. The minimum Gasteiger partial charge on any atom is -0.333 e. The van der Waals surface area contributed by atoms with Gasteiger partial charge in [-0.3, -0.25) is 10.1 Å². The van der Waals surface area contributed by atoms with E-state index in [-0.39, 0.29) is 16.6 Å². The van der Waals surface area contributed by atoms with Gasteiger partial charge in [-0.05, 0) is 25.8 Å². The van der Waals surface area contributed by atoms with Crippen LogP contribution in [0, 0.1) is 24.0 Å². The summed E-state index contributed by atoms with van der Waals surface area (Å²) in [6.45, 7) is 5.20. The van der Waals surface area contributed by atoms with Gasteiger partial charge in [0.1, 0.15) is 0 Å². The van der Waals surface area contributed by atoms with Crippen LogP contribution in [0.1, 0.15) is 26.7 Å². The maximum atomic E-state index is 12.4. The molecule has 8 heteroatoms. The Morgan fingerprint density at radius 1 is 1.46 bits per heavy atom. The maximum Gasteiger partial charge on any atom is 0.318 e. The molecule has 0 saturated heterocycles. The fraction of sp³-hybridized carbons (Fsp3) is 0.375. The number of aromatic nitrogens is 1. The summed E-state index contributed by atoms with van der Waals surface area (Å²) in [5, 5.41) is 15.0. The number of urea groups is 1. The molecule has 1 aliphatic heterocycles. The maximum absolute atomic E-state index is 12.4. The van der Waals surface area contributed by atoms with E-state index in [0.29, 0.717) is 26.1 Å². The summed E-state index contributed by atoms with van der Waals surface area (Å²) in [4.78, 5) is 30.2. The van der Waals surface area contributed by atoms with Crippen LogP contribution in [0.5, 0.6) is 0 Å². The summed E-state index contributed by atoms with van der Waals surface area (Å²) >= 11 is 1.58. The van der Waals surface area contributed by atoms with E-state index in [1.54, 1.807) is 22.3 Å². The van der Waals surface area contributed by atoms with E-state index in [9.17, 15) is 14.9 Å². The Hall–Kier alpha value is -2.48. The molecular formula is C16H18N4O3S. The third-order valence-electron chi connectivity index (χ3n) is 4.12. The van der Waals surface area contributed by atoms with Crippen molar-refractivity contribution < 1.29 is 9.72 Å².